The van der Waals surface area contributed by atoms with E-state index in [9.17, 15) is 18.4 Å². The van der Waals surface area contributed by atoms with Crippen LogP contribution in [0.3, 0.4) is 0 Å². The van der Waals surface area contributed by atoms with Gasteiger partial charge in [0.2, 0.25) is 5.91 Å². The maximum atomic E-state index is 12.2. The van der Waals surface area contributed by atoms with Crippen LogP contribution < -0.4 is 0 Å². The molecule has 0 N–H and O–H groups in total. The Labute approximate surface area is 117 Å². The number of carbonyl (C=O) groups excluding carboxylic acids is 2. The van der Waals surface area contributed by atoms with Gasteiger partial charge < -0.3 is 9.64 Å². The van der Waals surface area contributed by atoms with Crippen molar-refractivity contribution in [2.75, 3.05) is 13.2 Å². The normalized spacial score (nSPS) is 20.2. The van der Waals surface area contributed by atoms with Crippen LogP contribution in [0, 0.1) is 11.8 Å². The number of halogens is 2. The zero-order chi connectivity index (χ0) is 15.3. The summed E-state index contributed by atoms with van der Waals surface area (Å²) in [5, 5.41) is 0. The quantitative estimate of drug-likeness (QED) is 0.706. The molecular weight excluding hydrogens is 268 g/mol. The van der Waals surface area contributed by atoms with E-state index < -0.39 is 24.0 Å². The van der Waals surface area contributed by atoms with E-state index >= 15 is 0 Å². The highest BCUT2D eigenvalue weighted by Crippen LogP contribution is 2.24. The molecule has 114 valence electrons. The minimum atomic E-state index is -1.79. The molecule has 0 aliphatic carbocycles. The van der Waals surface area contributed by atoms with Crippen molar-refractivity contribution in [3.63, 3.8) is 0 Å². The van der Waals surface area contributed by atoms with Gasteiger partial charge in [0.15, 0.2) is 0 Å². The van der Waals surface area contributed by atoms with Gasteiger partial charge in [-0.2, -0.15) is 8.78 Å². The highest BCUT2D eigenvalue weighted by molar-refractivity contribution is 5.86. The minimum absolute atomic E-state index is 0.0191. The smallest absolute Gasteiger partial charge is 0.328 e. The van der Waals surface area contributed by atoms with Gasteiger partial charge in [-0.15, -0.1) is 0 Å². The lowest BCUT2D eigenvalue weighted by atomic mass is 10.1. The van der Waals surface area contributed by atoms with Crippen LogP contribution in [0.2, 0.25) is 0 Å². The molecule has 2 atom stereocenters. The van der Waals surface area contributed by atoms with Crippen LogP contribution in [0.5, 0.6) is 0 Å². The molecule has 1 heterocycles. The molecule has 0 aromatic carbocycles. The number of carbonyl (C=O) groups is 2. The van der Waals surface area contributed by atoms with Crippen molar-refractivity contribution in [3.05, 3.63) is 12.2 Å². The van der Waals surface area contributed by atoms with Gasteiger partial charge in [0.25, 0.3) is 6.08 Å². The fourth-order valence-electron chi connectivity index (χ4n) is 2.21. The lowest BCUT2D eigenvalue weighted by Gasteiger charge is -2.25. The Balaban J connectivity index is 2.68. The summed E-state index contributed by atoms with van der Waals surface area (Å²) < 4.78 is 29.6. The Hall–Kier alpha value is -1.46. The van der Waals surface area contributed by atoms with E-state index in [1.165, 1.54) is 4.90 Å². The summed E-state index contributed by atoms with van der Waals surface area (Å²) in [4.78, 5) is 25.2. The van der Waals surface area contributed by atoms with Gasteiger partial charge in [-0.05, 0) is 18.4 Å². The average Bonchev–Trinajstić information content (AvgIpc) is 2.68. The molecule has 0 radical (unpaired) electrons. The molecule has 1 aliphatic rings. The van der Waals surface area contributed by atoms with Crippen molar-refractivity contribution in [3.8, 4) is 0 Å². The first kappa shape index (κ1) is 16.6. The SMILES string of the molecule is CC[C@@H](C(=O)OCC(C)C)N1CC(C=C(F)F)CC1=O. The number of hydrogen-bond donors (Lipinski definition) is 0. The summed E-state index contributed by atoms with van der Waals surface area (Å²) in [6, 6.07) is -0.678. The van der Waals surface area contributed by atoms with Crippen molar-refractivity contribution in [1.82, 2.24) is 4.90 Å². The molecule has 4 nitrogen and oxygen atoms in total. The zero-order valence-corrected chi connectivity index (χ0v) is 12.1. The Morgan fingerprint density at radius 3 is 2.65 bits per heavy atom. The summed E-state index contributed by atoms with van der Waals surface area (Å²) in [6.45, 7) is 6.04. The molecule has 1 fully saturated rings. The van der Waals surface area contributed by atoms with Crippen molar-refractivity contribution in [2.45, 2.75) is 39.7 Å². The third-order valence-corrected chi connectivity index (χ3v) is 3.14. The molecule has 0 saturated carbocycles. The summed E-state index contributed by atoms with van der Waals surface area (Å²) >= 11 is 0. The van der Waals surface area contributed by atoms with Crippen molar-refractivity contribution in [1.29, 1.82) is 0 Å². The fourth-order valence-corrected chi connectivity index (χ4v) is 2.21. The van der Waals surface area contributed by atoms with Gasteiger partial charge in [0, 0.05) is 18.9 Å². The van der Waals surface area contributed by atoms with E-state index in [1.807, 2.05) is 13.8 Å². The number of ether oxygens (including phenoxy) is 1. The first-order valence-corrected chi connectivity index (χ1v) is 6.84. The molecule has 0 aromatic rings. The first-order chi connectivity index (χ1) is 9.35. The van der Waals surface area contributed by atoms with Gasteiger partial charge in [-0.1, -0.05) is 20.8 Å². The number of nitrogens with zero attached hydrogens (tertiary/aromatic N) is 1. The second-order valence-electron chi connectivity index (χ2n) is 5.41. The van der Waals surface area contributed by atoms with Crippen LogP contribution in [-0.4, -0.2) is 36.0 Å². The maximum absolute atomic E-state index is 12.2. The second kappa shape index (κ2) is 7.36. The third-order valence-electron chi connectivity index (χ3n) is 3.14. The topological polar surface area (TPSA) is 46.6 Å². The average molecular weight is 289 g/mol. The molecule has 20 heavy (non-hydrogen) atoms. The minimum Gasteiger partial charge on any atom is -0.464 e. The van der Waals surface area contributed by atoms with E-state index in [4.69, 9.17) is 4.74 Å². The van der Waals surface area contributed by atoms with Crippen LogP contribution in [0.15, 0.2) is 12.2 Å². The second-order valence-corrected chi connectivity index (χ2v) is 5.41. The standard InChI is InChI=1S/C14H21F2NO3/c1-4-11(14(19)20-8-9(2)3)17-7-10(5-12(15)16)6-13(17)18/h5,9-11H,4,6-8H2,1-3H3/t10?,11-/m0/s1. The number of rotatable bonds is 6. The Kier molecular flexibility index (Phi) is 6.10. The summed E-state index contributed by atoms with van der Waals surface area (Å²) in [7, 11) is 0. The Morgan fingerprint density at radius 2 is 2.15 bits per heavy atom. The Morgan fingerprint density at radius 1 is 1.50 bits per heavy atom. The van der Waals surface area contributed by atoms with Crippen LogP contribution in [0.4, 0.5) is 8.78 Å². The number of esters is 1. The highest BCUT2D eigenvalue weighted by atomic mass is 19.3. The molecular formula is C14H21F2NO3. The lowest BCUT2D eigenvalue weighted by molar-refractivity contribution is -0.154. The maximum Gasteiger partial charge on any atom is 0.328 e. The van der Waals surface area contributed by atoms with E-state index in [0.717, 1.165) is 6.08 Å². The molecule has 1 rings (SSSR count). The molecule has 6 heteroatoms. The highest BCUT2D eigenvalue weighted by Gasteiger charge is 2.37. The molecule has 0 aromatic heterocycles. The number of hydrogen-bond acceptors (Lipinski definition) is 3. The molecule has 1 aliphatic heterocycles. The van der Waals surface area contributed by atoms with Gasteiger partial charge in [-0.3, -0.25) is 4.79 Å². The van der Waals surface area contributed by atoms with Crippen LogP contribution in [0.1, 0.15) is 33.6 Å². The van der Waals surface area contributed by atoms with E-state index in [-0.39, 0.29) is 24.8 Å². The summed E-state index contributed by atoms with van der Waals surface area (Å²) in [5.74, 6) is -1.05. The van der Waals surface area contributed by atoms with Crippen molar-refractivity contribution >= 4 is 11.9 Å². The van der Waals surface area contributed by atoms with Crippen molar-refractivity contribution < 1.29 is 23.1 Å². The largest absolute Gasteiger partial charge is 0.464 e. The van der Waals surface area contributed by atoms with E-state index in [1.54, 1.807) is 6.92 Å². The number of amides is 1. The fraction of sp³-hybridized carbons (Fsp3) is 0.714. The van der Waals surface area contributed by atoms with Gasteiger partial charge in [0.05, 0.1) is 6.61 Å². The first-order valence-electron chi connectivity index (χ1n) is 6.84. The van der Waals surface area contributed by atoms with E-state index in [0.29, 0.717) is 13.0 Å². The van der Waals surface area contributed by atoms with E-state index in [2.05, 4.69) is 0 Å². The van der Waals surface area contributed by atoms with Gasteiger partial charge in [0.1, 0.15) is 6.04 Å². The molecule has 1 amide bonds. The van der Waals surface area contributed by atoms with Crippen LogP contribution in [-0.2, 0) is 14.3 Å². The van der Waals surface area contributed by atoms with Crippen LogP contribution >= 0.6 is 0 Å². The molecule has 0 bridgehead atoms. The van der Waals surface area contributed by atoms with Crippen molar-refractivity contribution in [2.24, 2.45) is 11.8 Å². The lowest BCUT2D eigenvalue weighted by Crippen LogP contribution is -2.43. The molecule has 0 spiro atoms. The summed E-state index contributed by atoms with van der Waals surface area (Å²) in [5.41, 5.74) is 0. The molecule has 1 unspecified atom stereocenters. The Bertz CT molecular complexity index is 392. The zero-order valence-electron chi connectivity index (χ0n) is 12.1. The third kappa shape index (κ3) is 4.58. The number of likely N-dealkylation sites (tertiary alicyclic amines) is 1. The van der Waals surface area contributed by atoms with Crippen LogP contribution in [0.25, 0.3) is 0 Å². The summed E-state index contributed by atoms with van der Waals surface area (Å²) in [6.07, 6.45) is -0.577. The van der Waals surface area contributed by atoms with Gasteiger partial charge in [-0.25, -0.2) is 4.79 Å². The predicted octanol–water partition coefficient (Wildman–Crippen LogP) is 2.59. The van der Waals surface area contributed by atoms with Gasteiger partial charge >= 0.3 is 5.97 Å². The predicted molar refractivity (Wildman–Crippen MR) is 70.0 cm³/mol. The monoisotopic (exact) mass is 289 g/mol. The molecule has 1 saturated heterocycles.